The Hall–Kier alpha value is -3.00. The summed E-state index contributed by atoms with van der Waals surface area (Å²) in [6.07, 6.45) is -6.75. The van der Waals surface area contributed by atoms with E-state index >= 15 is 0 Å². The summed E-state index contributed by atoms with van der Waals surface area (Å²) in [5.74, 6) is -0.129. The van der Waals surface area contributed by atoms with Crippen LogP contribution in [0.3, 0.4) is 0 Å². The number of fused-ring (bicyclic) bond motifs is 1. The average Bonchev–Trinajstić information content (AvgIpc) is 2.74. The molecule has 0 radical (unpaired) electrons. The third-order valence-electron chi connectivity index (χ3n) is 6.11. The van der Waals surface area contributed by atoms with E-state index in [1.165, 1.54) is 12.1 Å². The van der Waals surface area contributed by atoms with Gasteiger partial charge in [0.05, 0.1) is 12.1 Å². The molecule has 0 aliphatic carbocycles. The number of halogens is 5. The van der Waals surface area contributed by atoms with Crippen molar-refractivity contribution < 1.29 is 26.7 Å². The number of likely N-dealkylation sites (tertiary alicyclic amines) is 1. The van der Waals surface area contributed by atoms with E-state index in [1.807, 2.05) is 19.1 Å². The van der Waals surface area contributed by atoms with Gasteiger partial charge in [-0.15, -0.1) is 0 Å². The summed E-state index contributed by atoms with van der Waals surface area (Å²) in [7, 11) is 0. The quantitative estimate of drug-likeness (QED) is 0.467. The molecular weight excluding hydrogens is 439 g/mol. The van der Waals surface area contributed by atoms with Crippen LogP contribution < -0.4 is 5.32 Å². The molecule has 1 amide bonds. The number of alkyl halides is 5. The zero-order valence-electron chi connectivity index (χ0n) is 17.9. The fourth-order valence-corrected chi connectivity index (χ4v) is 4.19. The van der Waals surface area contributed by atoms with E-state index in [1.54, 1.807) is 29.2 Å². The molecule has 3 aromatic carbocycles. The zero-order valence-corrected chi connectivity index (χ0v) is 17.9. The first-order valence-electron chi connectivity index (χ1n) is 10.6. The van der Waals surface area contributed by atoms with E-state index in [4.69, 9.17) is 0 Å². The van der Waals surface area contributed by atoms with Crippen molar-refractivity contribution in [3.05, 3.63) is 71.8 Å². The number of carbonyl (C=O) groups is 1. The molecule has 1 atom stereocenters. The second-order valence-corrected chi connectivity index (χ2v) is 8.45. The minimum atomic E-state index is -4.39. The highest BCUT2D eigenvalue weighted by molar-refractivity contribution is 6.02. The van der Waals surface area contributed by atoms with Crippen LogP contribution in [0.1, 0.15) is 22.8 Å². The van der Waals surface area contributed by atoms with E-state index < -0.39 is 18.2 Å². The second kappa shape index (κ2) is 9.09. The van der Waals surface area contributed by atoms with Gasteiger partial charge in [0, 0.05) is 30.6 Å². The summed E-state index contributed by atoms with van der Waals surface area (Å²) in [4.78, 5) is 14.4. The lowest BCUT2D eigenvalue weighted by Gasteiger charge is -2.42. The number of hydrogen-bond acceptors (Lipinski definition) is 2. The predicted molar refractivity (Wildman–Crippen MR) is 117 cm³/mol. The molecule has 4 rings (SSSR count). The number of carbonyl (C=O) groups excluding carboxylic acids is 1. The summed E-state index contributed by atoms with van der Waals surface area (Å²) in [6.45, 7) is 2.68. The Labute approximate surface area is 188 Å². The minimum absolute atomic E-state index is 0.124. The van der Waals surface area contributed by atoms with Crippen LogP contribution in [0.5, 0.6) is 0 Å². The maximum Gasteiger partial charge on any atom is 0.416 e. The molecule has 3 aromatic rings. The van der Waals surface area contributed by atoms with Gasteiger partial charge in [-0.05, 0) is 53.1 Å². The van der Waals surface area contributed by atoms with Crippen LogP contribution in [-0.4, -0.2) is 42.9 Å². The third kappa shape index (κ3) is 5.16. The summed E-state index contributed by atoms with van der Waals surface area (Å²) in [6, 6.07) is 15.5. The zero-order chi connectivity index (χ0) is 23.8. The van der Waals surface area contributed by atoms with Crippen molar-refractivity contribution >= 4 is 16.7 Å². The molecule has 33 heavy (non-hydrogen) atoms. The van der Waals surface area contributed by atoms with Crippen LogP contribution in [-0.2, 0) is 6.18 Å². The number of rotatable bonds is 6. The molecule has 1 N–H and O–H groups in total. The molecule has 1 aliphatic heterocycles. The number of hydrogen-bond donors (Lipinski definition) is 1. The third-order valence-corrected chi connectivity index (χ3v) is 6.11. The van der Waals surface area contributed by atoms with Gasteiger partial charge in [0.25, 0.3) is 12.3 Å². The lowest BCUT2D eigenvalue weighted by atomic mass is 9.92. The first-order valence-corrected chi connectivity index (χ1v) is 10.6. The summed E-state index contributed by atoms with van der Waals surface area (Å²) in [5.41, 5.74) is 1.18. The van der Waals surface area contributed by atoms with Crippen LogP contribution in [0.15, 0.2) is 60.7 Å². The maximum atomic E-state index is 12.9. The Balaban J connectivity index is 1.48. The average molecular weight is 462 g/mol. The standard InChI is InChI=1S/C25H23F5N2O/c1-15(19-12-32(13-19)14-23(26)27)31-24(33)18-7-10-22-17(11-18)3-2-4-21(22)16-5-8-20(9-6-16)25(28,29)30/h2-11,15,19,23H,12-14H2,1H3,(H,31,33). The largest absolute Gasteiger partial charge is 0.416 e. The van der Waals surface area contributed by atoms with E-state index in [2.05, 4.69) is 5.32 Å². The molecule has 1 saturated heterocycles. The van der Waals surface area contributed by atoms with Gasteiger partial charge < -0.3 is 5.32 Å². The molecule has 1 aliphatic rings. The molecule has 174 valence electrons. The van der Waals surface area contributed by atoms with Gasteiger partial charge in [0.15, 0.2) is 0 Å². The number of nitrogens with one attached hydrogen (secondary N) is 1. The van der Waals surface area contributed by atoms with Crippen LogP contribution in [0, 0.1) is 5.92 Å². The summed E-state index contributed by atoms with van der Waals surface area (Å²) < 4.78 is 63.5. The minimum Gasteiger partial charge on any atom is -0.349 e. The maximum absolute atomic E-state index is 12.9. The van der Waals surface area contributed by atoms with Crippen molar-refractivity contribution in [2.45, 2.75) is 25.6 Å². The molecule has 0 aromatic heterocycles. The molecule has 1 unspecified atom stereocenters. The van der Waals surface area contributed by atoms with Gasteiger partial charge >= 0.3 is 6.18 Å². The van der Waals surface area contributed by atoms with Gasteiger partial charge in [-0.3, -0.25) is 9.69 Å². The Morgan fingerprint density at radius 2 is 1.76 bits per heavy atom. The van der Waals surface area contributed by atoms with Crippen LogP contribution in [0.2, 0.25) is 0 Å². The molecule has 0 saturated carbocycles. The van der Waals surface area contributed by atoms with Crippen molar-refractivity contribution in [1.82, 2.24) is 10.2 Å². The van der Waals surface area contributed by atoms with Crippen molar-refractivity contribution in [3.8, 4) is 11.1 Å². The van der Waals surface area contributed by atoms with Crippen molar-refractivity contribution in [1.29, 1.82) is 0 Å². The molecule has 1 fully saturated rings. The van der Waals surface area contributed by atoms with E-state index in [0.717, 1.165) is 28.5 Å². The molecule has 1 heterocycles. The Morgan fingerprint density at radius 1 is 1.06 bits per heavy atom. The van der Waals surface area contributed by atoms with Crippen LogP contribution in [0.25, 0.3) is 21.9 Å². The smallest absolute Gasteiger partial charge is 0.349 e. The van der Waals surface area contributed by atoms with Gasteiger partial charge in [0.1, 0.15) is 0 Å². The number of benzene rings is 3. The Kier molecular flexibility index (Phi) is 6.38. The number of nitrogens with zero attached hydrogens (tertiary/aromatic N) is 1. The fourth-order valence-electron chi connectivity index (χ4n) is 4.19. The first-order chi connectivity index (χ1) is 15.6. The Bertz CT molecular complexity index is 1140. The van der Waals surface area contributed by atoms with Crippen molar-refractivity contribution in [2.75, 3.05) is 19.6 Å². The lowest BCUT2D eigenvalue weighted by molar-refractivity contribution is -0.137. The summed E-state index contributed by atoms with van der Waals surface area (Å²) in [5, 5.41) is 4.56. The topological polar surface area (TPSA) is 32.3 Å². The molecule has 8 heteroatoms. The van der Waals surface area contributed by atoms with Crippen LogP contribution >= 0.6 is 0 Å². The molecule has 0 bridgehead atoms. The highest BCUT2D eigenvalue weighted by Gasteiger charge is 2.33. The van der Waals surface area contributed by atoms with Gasteiger partial charge in [-0.1, -0.05) is 36.4 Å². The lowest BCUT2D eigenvalue weighted by Crippen LogP contribution is -2.56. The molecule has 0 spiro atoms. The predicted octanol–water partition coefficient (Wildman–Crippen LogP) is 5.84. The van der Waals surface area contributed by atoms with Gasteiger partial charge in [-0.25, -0.2) is 8.78 Å². The van der Waals surface area contributed by atoms with Gasteiger partial charge in [-0.2, -0.15) is 13.2 Å². The molecular formula is C25H23F5N2O. The van der Waals surface area contributed by atoms with Gasteiger partial charge in [0.2, 0.25) is 0 Å². The van der Waals surface area contributed by atoms with E-state index in [-0.39, 0.29) is 24.4 Å². The monoisotopic (exact) mass is 462 g/mol. The van der Waals surface area contributed by atoms with Crippen molar-refractivity contribution in [2.24, 2.45) is 5.92 Å². The molecule has 3 nitrogen and oxygen atoms in total. The fraction of sp³-hybridized carbons (Fsp3) is 0.320. The number of amides is 1. The normalized spacial score (nSPS) is 16.1. The van der Waals surface area contributed by atoms with E-state index in [0.29, 0.717) is 24.2 Å². The first kappa shape index (κ1) is 23.2. The highest BCUT2D eigenvalue weighted by atomic mass is 19.4. The van der Waals surface area contributed by atoms with E-state index in [9.17, 15) is 26.7 Å². The second-order valence-electron chi connectivity index (χ2n) is 8.45. The van der Waals surface area contributed by atoms with Crippen LogP contribution in [0.4, 0.5) is 22.0 Å². The van der Waals surface area contributed by atoms with Crippen molar-refractivity contribution in [3.63, 3.8) is 0 Å². The highest BCUT2D eigenvalue weighted by Crippen LogP contribution is 2.33. The SMILES string of the molecule is CC(NC(=O)c1ccc2c(-c3ccc(C(F)(F)F)cc3)cccc2c1)C1CN(CC(F)F)C1. The Morgan fingerprint density at radius 3 is 2.39 bits per heavy atom. The summed E-state index contributed by atoms with van der Waals surface area (Å²) >= 11 is 0.